The molecule has 10 rings (SSSR count). The van der Waals surface area contributed by atoms with Crippen molar-refractivity contribution >= 4 is 65.4 Å². The molecule has 0 aliphatic rings. The standard InChI is InChI=1S/C42H27N3/c1-6-19-37-31(14-1)32-15-2-7-20-38(32)43(37)28-12-11-13-29(26-28)45-41-23-10-5-18-35(41)36-25-24-30(27-42(36)45)44-39-21-8-3-16-33(39)34-17-4-9-22-40(34)44/h1-27H. The zero-order valence-electron chi connectivity index (χ0n) is 24.4. The monoisotopic (exact) mass is 573 g/mol. The number of para-hydroxylation sites is 5. The lowest BCUT2D eigenvalue weighted by molar-refractivity contribution is 1.13. The Balaban J connectivity index is 1.26. The molecule has 0 atom stereocenters. The van der Waals surface area contributed by atoms with E-state index in [1.807, 2.05) is 0 Å². The summed E-state index contributed by atoms with van der Waals surface area (Å²) in [6.45, 7) is 0. The summed E-state index contributed by atoms with van der Waals surface area (Å²) >= 11 is 0. The Morgan fingerprint density at radius 3 is 0.933 bits per heavy atom. The van der Waals surface area contributed by atoms with Crippen LogP contribution < -0.4 is 0 Å². The number of rotatable bonds is 3. The van der Waals surface area contributed by atoms with Gasteiger partial charge in [0.2, 0.25) is 0 Å². The van der Waals surface area contributed by atoms with Crippen LogP contribution >= 0.6 is 0 Å². The Morgan fingerprint density at radius 1 is 0.222 bits per heavy atom. The van der Waals surface area contributed by atoms with E-state index in [2.05, 4.69) is 177 Å². The molecule has 0 unspecified atom stereocenters. The van der Waals surface area contributed by atoms with Crippen LogP contribution in [0.3, 0.4) is 0 Å². The molecule has 10 aromatic rings. The van der Waals surface area contributed by atoms with Gasteiger partial charge in [-0.1, -0.05) is 103 Å². The molecule has 0 bridgehead atoms. The van der Waals surface area contributed by atoms with E-state index in [0.717, 1.165) is 17.1 Å². The van der Waals surface area contributed by atoms with Gasteiger partial charge in [0.25, 0.3) is 0 Å². The summed E-state index contributed by atoms with van der Waals surface area (Å²) in [5, 5.41) is 7.58. The molecule has 0 radical (unpaired) electrons. The van der Waals surface area contributed by atoms with Gasteiger partial charge in [-0.15, -0.1) is 0 Å². The summed E-state index contributed by atoms with van der Waals surface area (Å²) in [4.78, 5) is 0. The fraction of sp³-hybridized carbons (Fsp3) is 0. The molecule has 0 aliphatic heterocycles. The van der Waals surface area contributed by atoms with Gasteiger partial charge in [0, 0.05) is 49.4 Å². The van der Waals surface area contributed by atoms with E-state index in [4.69, 9.17) is 0 Å². The molecule has 7 aromatic carbocycles. The minimum Gasteiger partial charge on any atom is -0.309 e. The number of hydrogen-bond acceptors (Lipinski definition) is 0. The van der Waals surface area contributed by atoms with E-state index in [-0.39, 0.29) is 0 Å². The van der Waals surface area contributed by atoms with E-state index in [1.165, 1.54) is 65.4 Å². The summed E-state index contributed by atoms with van der Waals surface area (Å²) in [5.41, 5.74) is 10.7. The van der Waals surface area contributed by atoms with Crippen molar-refractivity contribution < 1.29 is 0 Å². The van der Waals surface area contributed by atoms with Crippen molar-refractivity contribution in [2.75, 3.05) is 0 Å². The summed E-state index contributed by atoms with van der Waals surface area (Å²) in [6.07, 6.45) is 0. The fourth-order valence-electron chi connectivity index (χ4n) is 7.55. The van der Waals surface area contributed by atoms with Crippen molar-refractivity contribution in [1.29, 1.82) is 0 Å². The molecule has 0 N–H and O–H groups in total. The van der Waals surface area contributed by atoms with E-state index < -0.39 is 0 Å². The summed E-state index contributed by atoms with van der Waals surface area (Å²) < 4.78 is 7.23. The number of benzene rings is 7. The first-order valence-electron chi connectivity index (χ1n) is 15.5. The SMILES string of the molecule is c1cc(-n2c3ccccc3c3ccccc32)cc(-n2c3ccccc3c3ccc(-n4c5ccccc5c5ccccc54)cc32)c1. The first-order valence-corrected chi connectivity index (χ1v) is 15.5. The van der Waals surface area contributed by atoms with Gasteiger partial charge in [-0.2, -0.15) is 0 Å². The van der Waals surface area contributed by atoms with Gasteiger partial charge in [0.05, 0.1) is 33.1 Å². The average Bonchev–Trinajstić information content (AvgIpc) is 3.74. The van der Waals surface area contributed by atoms with Crippen LogP contribution in [0.4, 0.5) is 0 Å². The van der Waals surface area contributed by atoms with Crippen LogP contribution in [0.5, 0.6) is 0 Å². The van der Waals surface area contributed by atoms with Gasteiger partial charge in [-0.3, -0.25) is 0 Å². The third kappa shape index (κ3) is 3.41. The maximum absolute atomic E-state index is 2.43. The number of hydrogen-bond donors (Lipinski definition) is 0. The molecule has 0 fully saturated rings. The van der Waals surface area contributed by atoms with Gasteiger partial charge >= 0.3 is 0 Å². The van der Waals surface area contributed by atoms with Gasteiger partial charge in [-0.05, 0) is 60.7 Å². The van der Waals surface area contributed by atoms with Crippen LogP contribution in [0, 0.1) is 0 Å². The first kappa shape index (κ1) is 24.4. The van der Waals surface area contributed by atoms with Crippen LogP contribution in [0.1, 0.15) is 0 Å². The Hall–Kier alpha value is -6.06. The average molecular weight is 574 g/mol. The molecule has 0 aliphatic carbocycles. The van der Waals surface area contributed by atoms with Crippen LogP contribution in [-0.4, -0.2) is 13.7 Å². The third-order valence-corrected chi connectivity index (χ3v) is 9.42. The Kier molecular flexibility index (Phi) is 5.00. The second kappa shape index (κ2) is 9.22. The van der Waals surface area contributed by atoms with E-state index >= 15 is 0 Å². The second-order valence-electron chi connectivity index (χ2n) is 11.8. The fourth-order valence-corrected chi connectivity index (χ4v) is 7.55. The zero-order valence-corrected chi connectivity index (χ0v) is 24.4. The van der Waals surface area contributed by atoms with E-state index in [9.17, 15) is 0 Å². The molecule has 0 amide bonds. The highest BCUT2D eigenvalue weighted by atomic mass is 15.0. The lowest BCUT2D eigenvalue weighted by Crippen LogP contribution is -1.99. The molecule has 0 spiro atoms. The normalized spacial score (nSPS) is 12.0. The van der Waals surface area contributed by atoms with Gasteiger partial charge in [-0.25, -0.2) is 0 Å². The summed E-state index contributed by atoms with van der Waals surface area (Å²) in [5.74, 6) is 0. The molecule has 210 valence electrons. The lowest BCUT2D eigenvalue weighted by Gasteiger charge is -2.14. The van der Waals surface area contributed by atoms with Crippen molar-refractivity contribution in [2.24, 2.45) is 0 Å². The number of nitrogens with zero attached hydrogens (tertiary/aromatic N) is 3. The smallest absolute Gasteiger partial charge is 0.0561 e. The largest absolute Gasteiger partial charge is 0.309 e. The minimum absolute atomic E-state index is 1.14. The molecule has 3 heterocycles. The number of aromatic nitrogens is 3. The van der Waals surface area contributed by atoms with Gasteiger partial charge < -0.3 is 13.7 Å². The van der Waals surface area contributed by atoms with Gasteiger partial charge in [0.1, 0.15) is 0 Å². The van der Waals surface area contributed by atoms with Crippen LogP contribution in [0.2, 0.25) is 0 Å². The van der Waals surface area contributed by atoms with Crippen molar-refractivity contribution in [2.45, 2.75) is 0 Å². The summed E-state index contributed by atoms with van der Waals surface area (Å²) in [7, 11) is 0. The molecular weight excluding hydrogens is 546 g/mol. The minimum atomic E-state index is 1.14. The Labute approximate surface area is 259 Å². The quantitative estimate of drug-likeness (QED) is 0.200. The summed E-state index contributed by atoms with van der Waals surface area (Å²) in [6, 6.07) is 59.5. The van der Waals surface area contributed by atoms with Crippen LogP contribution in [0.15, 0.2) is 164 Å². The molecule has 45 heavy (non-hydrogen) atoms. The first-order chi connectivity index (χ1) is 22.3. The molecule has 3 heteroatoms. The molecule has 0 saturated heterocycles. The van der Waals surface area contributed by atoms with Crippen molar-refractivity contribution in [1.82, 2.24) is 13.7 Å². The maximum atomic E-state index is 2.43. The molecule has 3 nitrogen and oxygen atoms in total. The molecular formula is C42H27N3. The highest BCUT2D eigenvalue weighted by Crippen LogP contribution is 2.38. The van der Waals surface area contributed by atoms with Crippen molar-refractivity contribution in [3.05, 3.63) is 164 Å². The van der Waals surface area contributed by atoms with E-state index in [1.54, 1.807) is 0 Å². The second-order valence-corrected chi connectivity index (χ2v) is 11.8. The van der Waals surface area contributed by atoms with E-state index in [0.29, 0.717) is 0 Å². The Morgan fingerprint density at radius 2 is 0.533 bits per heavy atom. The van der Waals surface area contributed by atoms with Crippen LogP contribution in [-0.2, 0) is 0 Å². The third-order valence-electron chi connectivity index (χ3n) is 9.42. The topological polar surface area (TPSA) is 14.8 Å². The van der Waals surface area contributed by atoms with Crippen LogP contribution in [0.25, 0.3) is 82.5 Å². The predicted octanol–water partition coefficient (Wildman–Crippen LogP) is 11.0. The Bertz CT molecular complexity index is 2660. The molecule has 3 aromatic heterocycles. The number of fused-ring (bicyclic) bond motifs is 9. The highest BCUT2D eigenvalue weighted by molar-refractivity contribution is 6.12. The van der Waals surface area contributed by atoms with Crippen molar-refractivity contribution in [3.63, 3.8) is 0 Å². The molecule has 0 saturated carbocycles. The maximum Gasteiger partial charge on any atom is 0.0561 e. The predicted molar refractivity (Wildman–Crippen MR) is 189 cm³/mol. The highest BCUT2D eigenvalue weighted by Gasteiger charge is 2.17. The zero-order chi connectivity index (χ0) is 29.5. The lowest BCUT2D eigenvalue weighted by atomic mass is 10.1. The van der Waals surface area contributed by atoms with Gasteiger partial charge in [0.15, 0.2) is 0 Å². The van der Waals surface area contributed by atoms with Crippen molar-refractivity contribution in [3.8, 4) is 17.1 Å².